The Kier molecular flexibility index (Phi) is 3.38. The summed E-state index contributed by atoms with van der Waals surface area (Å²) in [4.78, 5) is 0. The fourth-order valence-corrected chi connectivity index (χ4v) is 3.91. The van der Waals surface area contributed by atoms with E-state index in [0.717, 1.165) is 5.92 Å². The van der Waals surface area contributed by atoms with Gasteiger partial charge in [0.05, 0.1) is 0 Å². The van der Waals surface area contributed by atoms with Crippen LogP contribution in [0.5, 0.6) is 0 Å². The molecule has 0 radical (unpaired) electrons. The van der Waals surface area contributed by atoms with Crippen molar-refractivity contribution in [3.05, 3.63) is 35.5 Å². The first-order chi connectivity index (χ1) is 9.20. The van der Waals surface area contributed by atoms with Gasteiger partial charge in [-0.1, -0.05) is 37.5 Å². The highest BCUT2D eigenvalue weighted by Crippen LogP contribution is 2.37. The minimum atomic E-state index is 0.638. The van der Waals surface area contributed by atoms with Gasteiger partial charge in [-0.05, 0) is 51.2 Å². The van der Waals surface area contributed by atoms with Gasteiger partial charge in [-0.2, -0.15) is 0 Å². The predicted octanol–water partition coefficient (Wildman–Crippen LogP) is 5.40. The molecule has 1 heteroatoms. The van der Waals surface area contributed by atoms with Crippen LogP contribution < -0.4 is 0 Å². The third-order valence-electron chi connectivity index (χ3n) is 5.21. The van der Waals surface area contributed by atoms with Crippen LogP contribution in [0.3, 0.4) is 0 Å². The molecule has 1 aliphatic carbocycles. The van der Waals surface area contributed by atoms with Crippen LogP contribution in [0.15, 0.2) is 24.3 Å². The lowest BCUT2D eigenvalue weighted by Gasteiger charge is -2.30. The molecule has 0 bridgehead atoms. The molecule has 1 fully saturated rings. The van der Waals surface area contributed by atoms with Crippen LogP contribution in [0.2, 0.25) is 0 Å². The standard InChI is InChI=1S/C18H25N/c1-13-14(2)19(18-12-8-7-11-17(13)18)15(3)16-9-5-4-6-10-16/h7-8,11-12,15-16H,4-6,9-10H2,1-3H3. The van der Waals surface area contributed by atoms with Crippen LogP contribution in [0, 0.1) is 19.8 Å². The summed E-state index contributed by atoms with van der Waals surface area (Å²) in [6.07, 6.45) is 7.10. The van der Waals surface area contributed by atoms with E-state index in [4.69, 9.17) is 0 Å². The maximum absolute atomic E-state index is 2.60. The second-order valence-corrected chi connectivity index (χ2v) is 6.24. The maximum atomic E-state index is 2.60. The molecule has 0 amide bonds. The molecular weight excluding hydrogens is 230 g/mol. The van der Waals surface area contributed by atoms with Crippen LogP contribution in [-0.4, -0.2) is 4.57 Å². The summed E-state index contributed by atoms with van der Waals surface area (Å²) in [6, 6.07) is 9.52. The number of para-hydroxylation sites is 1. The first-order valence-corrected chi connectivity index (χ1v) is 7.76. The minimum Gasteiger partial charge on any atom is -0.342 e. The van der Waals surface area contributed by atoms with E-state index in [-0.39, 0.29) is 0 Å². The molecule has 3 rings (SSSR count). The molecule has 1 aromatic carbocycles. The van der Waals surface area contributed by atoms with Gasteiger partial charge in [-0.15, -0.1) is 0 Å². The highest BCUT2D eigenvalue weighted by Gasteiger charge is 2.24. The van der Waals surface area contributed by atoms with E-state index in [0.29, 0.717) is 6.04 Å². The van der Waals surface area contributed by atoms with Crippen LogP contribution in [0.1, 0.15) is 56.3 Å². The molecule has 0 aliphatic heterocycles. The van der Waals surface area contributed by atoms with E-state index in [9.17, 15) is 0 Å². The van der Waals surface area contributed by atoms with Crippen molar-refractivity contribution < 1.29 is 0 Å². The third kappa shape index (κ3) is 2.09. The molecule has 1 unspecified atom stereocenters. The van der Waals surface area contributed by atoms with E-state index < -0.39 is 0 Å². The summed E-state index contributed by atoms with van der Waals surface area (Å²) < 4.78 is 2.60. The second kappa shape index (κ2) is 5.03. The number of aromatic nitrogens is 1. The third-order valence-corrected chi connectivity index (χ3v) is 5.21. The van der Waals surface area contributed by atoms with Crippen molar-refractivity contribution in [3.63, 3.8) is 0 Å². The van der Waals surface area contributed by atoms with E-state index in [1.165, 1.54) is 54.3 Å². The van der Waals surface area contributed by atoms with E-state index >= 15 is 0 Å². The Morgan fingerprint density at radius 1 is 1.05 bits per heavy atom. The number of nitrogens with zero attached hydrogens (tertiary/aromatic N) is 1. The molecule has 1 saturated carbocycles. The van der Waals surface area contributed by atoms with Crippen molar-refractivity contribution >= 4 is 10.9 Å². The van der Waals surface area contributed by atoms with E-state index in [1.807, 2.05) is 0 Å². The molecule has 2 aromatic rings. The first-order valence-electron chi connectivity index (χ1n) is 7.76. The molecular formula is C18H25N. The van der Waals surface area contributed by atoms with Crippen LogP contribution in [0.25, 0.3) is 10.9 Å². The van der Waals surface area contributed by atoms with E-state index in [2.05, 4.69) is 49.6 Å². The lowest BCUT2D eigenvalue weighted by molar-refractivity contribution is 0.266. The molecule has 0 spiro atoms. The van der Waals surface area contributed by atoms with Crippen LogP contribution in [0.4, 0.5) is 0 Å². The quantitative estimate of drug-likeness (QED) is 0.677. The number of aryl methyl sites for hydroxylation is 1. The fourth-order valence-electron chi connectivity index (χ4n) is 3.91. The molecule has 102 valence electrons. The van der Waals surface area contributed by atoms with E-state index in [1.54, 1.807) is 0 Å². The highest BCUT2D eigenvalue weighted by atomic mass is 15.0. The highest BCUT2D eigenvalue weighted by molar-refractivity contribution is 5.85. The Labute approximate surface area is 116 Å². The van der Waals surface area contributed by atoms with Gasteiger partial charge in [0.1, 0.15) is 0 Å². The topological polar surface area (TPSA) is 4.93 Å². The number of fused-ring (bicyclic) bond motifs is 1. The number of hydrogen-bond donors (Lipinski definition) is 0. The van der Waals surface area contributed by atoms with Gasteiger partial charge < -0.3 is 4.57 Å². The van der Waals surface area contributed by atoms with Crippen molar-refractivity contribution in [2.45, 2.75) is 58.9 Å². The Morgan fingerprint density at radius 2 is 1.74 bits per heavy atom. The van der Waals surface area contributed by atoms with Crippen LogP contribution >= 0.6 is 0 Å². The smallest absolute Gasteiger partial charge is 0.0487 e. The Balaban J connectivity index is 2.06. The summed E-state index contributed by atoms with van der Waals surface area (Å²) in [7, 11) is 0. The fraction of sp³-hybridized carbons (Fsp3) is 0.556. The first kappa shape index (κ1) is 12.8. The Bertz CT molecular complexity index is 573. The monoisotopic (exact) mass is 255 g/mol. The van der Waals surface area contributed by atoms with Gasteiger partial charge in [0.25, 0.3) is 0 Å². The number of benzene rings is 1. The summed E-state index contributed by atoms with van der Waals surface area (Å²) in [5.41, 5.74) is 4.34. The van der Waals surface area contributed by atoms with Crippen molar-refractivity contribution in [1.29, 1.82) is 0 Å². The summed E-state index contributed by atoms with van der Waals surface area (Å²) in [5, 5.41) is 1.43. The summed E-state index contributed by atoms with van der Waals surface area (Å²) in [6.45, 7) is 6.98. The van der Waals surface area contributed by atoms with Gasteiger partial charge in [0, 0.05) is 22.6 Å². The van der Waals surface area contributed by atoms with Crippen molar-refractivity contribution in [1.82, 2.24) is 4.57 Å². The molecule has 1 nitrogen and oxygen atoms in total. The molecule has 1 heterocycles. The number of rotatable bonds is 2. The molecule has 19 heavy (non-hydrogen) atoms. The molecule has 1 atom stereocenters. The average molecular weight is 255 g/mol. The van der Waals surface area contributed by atoms with Gasteiger partial charge in [-0.25, -0.2) is 0 Å². The zero-order valence-electron chi connectivity index (χ0n) is 12.4. The van der Waals surface area contributed by atoms with Gasteiger partial charge >= 0.3 is 0 Å². The normalized spacial score (nSPS) is 18.9. The number of hydrogen-bond acceptors (Lipinski definition) is 0. The zero-order valence-corrected chi connectivity index (χ0v) is 12.4. The minimum absolute atomic E-state index is 0.638. The zero-order chi connectivity index (χ0) is 13.4. The van der Waals surface area contributed by atoms with Gasteiger partial charge in [0.2, 0.25) is 0 Å². The van der Waals surface area contributed by atoms with Crippen molar-refractivity contribution in [2.24, 2.45) is 5.92 Å². The van der Waals surface area contributed by atoms with Crippen molar-refractivity contribution in [2.75, 3.05) is 0 Å². The summed E-state index contributed by atoms with van der Waals surface area (Å²) >= 11 is 0. The lowest BCUT2D eigenvalue weighted by Crippen LogP contribution is -2.20. The maximum Gasteiger partial charge on any atom is 0.0487 e. The Hall–Kier alpha value is -1.24. The van der Waals surface area contributed by atoms with Crippen LogP contribution in [-0.2, 0) is 0 Å². The SMILES string of the molecule is Cc1c(C)n(C(C)C2CCCCC2)c2ccccc12. The molecule has 0 N–H and O–H groups in total. The average Bonchev–Trinajstić information content (AvgIpc) is 2.72. The summed E-state index contributed by atoms with van der Waals surface area (Å²) in [5.74, 6) is 0.864. The largest absolute Gasteiger partial charge is 0.342 e. The second-order valence-electron chi connectivity index (χ2n) is 6.24. The molecule has 1 aliphatic rings. The Morgan fingerprint density at radius 3 is 2.47 bits per heavy atom. The van der Waals surface area contributed by atoms with Crippen molar-refractivity contribution in [3.8, 4) is 0 Å². The molecule has 0 saturated heterocycles. The molecule has 1 aromatic heterocycles. The lowest BCUT2D eigenvalue weighted by atomic mass is 9.84. The van der Waals surface area contributed by atoms with Gasteiger partial charge in [0.15, 0.2) is 0 Å². The predicted molar refractivity (Wildman–Crippen MR) is 82.7 cm³/mol. The van der Waals surface area contributed by atoms with Gasteiger partial charge in [-0.3, -0.25) is 0 Å².